The molecule has 0 unspecified atom stereocenters. The Labute approximate surface area is 519 Å². The van der Waals surface area contributed by atoms with Gasteiger partial charge >= 0.3 is 0 Å². The van der Waals surface area contributed by atoms with Gasteiger partial charge in [0.1, 0.15) is 46.5 Å². The molecule has 89 heavy (non-hydrogen) atoms. The molecular formula is C75H78BF10O2P. The van der Waals surface area contributed by atoms with E-state index >= 15 is 43.9 Å². The number of ether oxygens (including phenoxy) is 1. The molecule has 14 heteroatoms. The van der Waals surface area contributed by atoms with Gasteiger partial charge in [-0.25, -0.2) is 43.9 Å². The average Bonchev–Trinajstić information content (AvgIpc) is 1.51. The summed E-state index contributed by atoms with van der Waals surface area (Å²) in [6.45, 7) is 25.5. The third kappa shape index (κ3) is 11.7. The van der Waals surface area contributed by atoms with Gasteiger partial charge in [-0.05, 0) is 75.3 Å². The summed E-state index contributed by atoms with van der Waals surface area (Å²) in [7, 11) is -3.60. The molecule has 2 nitrogen and oxygen atoms in total. The van der Waals surface area contributed by atoms with Gasteiger partial charge in [-0.1, -0.05) is 265 Å². The minimum atomic E-state index is -4.85. The molecule has 468 valence electrons. The van der Waals surface area contributed by atoms with Crippen molar-refractivity contribution in [3.8, 4) is 0 Å². The molecular weight excluding hydrogens is 1160 g/mol. The number of benzene rings is 8. The molecule has 0 amide bonds. The van der Waals surface area contributed by atoms with Crippen LogP contribution in [0.25, 0.3) is 5.76 Å². The highest BCUT2D eigenvalue weighted by molar-refractivity contribution is 7.93. The van der Waals surface area contributed by atoms with Gasteiger partial charge in [-0.15, -0.1) is 5.82 Å². The van der Waals surface area contributed by atoms with Crippen molar-refractivity contribution in [2.24, 2.45) is 5.92 Å². The van der Waals surface area contributed by atoms with Crippen molar-refractivity contribution in [1.29, 1.82) is 0 Å². The first-order chi connectivity index (χ1) is 42.3. The number of rotatable bonds is 12. The van der Waals surface area contributed by atoms with Gasteiger partial charge in [0.25, 0.3) is 0 Å². The van der Waals surface area contributed by atoms with Crippen LogP contribution in [0.5, 0.6) is 0 Å². The first-order valence-corrected chi connectivity index (χ1v) is 33.0. The van der Waals surface area contributed by atoms with E-state index in [4.69, 9.17) is 9.39 Å². The summed E-state index contributed by atoms with van der Waals surface area (Å²) < 4.78 is 181. The van der Waals surface area contributed by atoms with E-state index in [0.29, 0.717) is 23.5 Å². The van der Waals surface area contributed by atoms with Crippen LogP contribution in [-0.4, -0.2) is 12.5 Å². The Balaban J connectivity index is 0.000000701. The molecule has 3 heterocycles. The van der Waals surface area contributed by atoms with Crippen LogP contribution in [0.4, 0.5) is 43.9 Å². The monoisotopic (exact) mass is 1240 g/mol. The Kier molecular flexibility index (Phi) is 20.1. The summed E-state index contributed by atoms with van der Waals surface area (Å²) in [5.41, 5.74) is 3.15. The molecule has 11 rings (SSSR count). The molecule has 0 N–H and O–H groups in total. The second kappa shape index (κ2) is 26.9. The average molecular weight is 1240 g/mol. The van der Waals surface area contributed by atoms with Gasteiger partial charge in [-0.3, -0.25) is 0 Å². The highest BCUT2D eigenvalue weighted by atomic mass is 31.2. The van der Waals surface area contributed by atoms with Crippen LogP contribution in [-0.2, 0) is 15.2 Å². The topological polar surface area (TPSA) is 18.5 Å². The molecule has 0 aromatic heterocycles. The number of hydrogen-bond acceptors (Lipinski definition) is 2. The fourth-order valence-electron chi connectivity index (χ4n) is 14.0. The molecule has 2 fully saturated rings. The predicted molar refractivity (Wildman–Crippen MR) is 344 cm³/mol. The van der Waals surface area contributed by atoms with Crippen molar-refractivity contribution < 1.29 is 53.3 Å². The fourth-order valence-corrected chi connectivity index (χ4v) is 20.5. The molecule has 3 atom stereocenters. The second-order valence-corrected chi connectivity index (χ2v) is 29.1. The summed E-state index contributed by atoms with van der Waals surface area (Å²) in [6.07, 6.45) is -4.30. The van der Waals surface area contributed by atoms with Crippen molar-refractivity contribution in [2.75, 3.05) is 6.16 Å². The Morgan fingerprint density at radius 1 is 0.404 bits per heavy atom. The minimum absolute atomic E-state index is 0.0756. The second-order valence-electron chi connectivity index (χ2n) is 25.7. The van der Waals surface area contributed by atoms with Gasteiger partial charge in [0.15, 0.2) is 47.0 Å². The van der Waals surface area contributed by atoms with E-state index in [9.17, 15) is 0 Å². The Morgan fingerprint density at radius 3 is 1.04 bits per heavy atom. The summed E-state index contributed by atoms with van der Waals surface area (Å²) in [6, 6.07) is 50.1. The molecule has 0 saturated carbocycles. The number of hydrogen-bond donors (Lipinski definition) is 0. The highest BCUT2D eigenvalue weighted by Gasteiger charge is 2.74. The van der Waals surface area contributed by atoms with Crippen molar-refractivity contribution in [2.45, 2.75) is 149 Å². The molecule has 0 radical (unpaired) electrons. The van der Waals surface area contributed by atoms with Gasteiger partial charge in [-0.2, -0.15) is 0 Å². The fraction of sp³-hybridized carbons (Fsp3) is 0.333. The van der Waals surface area contributed by atoms with Gasteiger partial charge in [0.05, 0.1) is 12.1 Å². The lowest BCUT2D eigenvalue weighted by Crippen LogP contribution is -2.67. The summed E-state index contributed by atoms with van der Waals surface area (Å²) in [5.74, 6) is -31.2. The van der Waals surface area contributed by atoms with Crippen LogP contribution in [0.2, 0.25) is 5.82 Å². The van der Waals surface area contributed by atoms with Crippen molar-refractivity contribution in [1.82, 2.24) is 0 Å². The molecule has 0 aliphatic carbocycles. The Bertz CT molecular complexity index is 3510. The molecule has 2 saturated heterocycles. The van der Waals surface area contributed by atoms with E-state index < -0.39 is 100 Å². The van der Waals surface area contributed by atoms with Crippen LogP contribution >= 0.6 is 7.26 Å². The molecule has 3 aliphatic heterocycles. The molecule has 0 bridgehead atoms. The van der Waals surface area contributed by atoms with Gasteiger partial charge in [0, 0.05) is 11.1 Å². The van der Waals surface area contributed by atoms with Gasteiger partial charge in [0.2, 0.25) is 5.79 Å². The highest BCUT2D eigenvalue weighted by Crippen LogP contribution is 2.80. The maximum absolute atomic E-state index is 17.5. The normalized spacial score (nSPS) is 18.4. The largest absolute Gasteiger partial charge is 0.544 e. The first-order valence-electron chi connectivity index (χ1n) is 31.0. The van der Waals surface area contributed by atoms with Crippen LogP contribution in [0, 0.1) is 64.1 Å². The lowest BCUT2D eigenvalue weighted by Gasteiger charge is -2.47. The lowest BCUT2D eigenvalue weighted by atomic mass is 9.24. The maximum Gasteiger partial charge on any atom is 0.206 e. The minimum Gasteiger partial charge on any atom is -0.544 e. The molecule has 8 aromatic carbocycles. The Morgan fingerprint density at radius 2 is 0.719 bits per heavy atom. The molecule has 0 spiro atoms. The van der Waals surface area contributed by atoms with Crippen molar-refractivity contribution >= 4 is 40.9 Å². The zero-order valence-corrected chi connectivity index (χ0v) is 53.5. The molecule has 3 aliphatic rings. The quantitative estimate of drug-likeness (QED) is 0.0399. The van der Waals surface area contributed by atoms with Crippen molar-refractivity contribution in [3.63, 3.8) is 0 Å². The summed E-state index contributed by atoms with van der Waals surface area (Å²) in [5, 5.41) is 2.54. The lowest BCUT2D eigenvalue weighted by molar-refractivity contribution is -0.142. The SMILES string of the molecule is CC(C)c1cc(C(C)C)c([P+]2(c3c(C(C)C)cc(C(C)C)cc3C(C)C)CCCC[C@@H]3[C@H]4C2=C(c2ccccc2)O[C@@]4(c2ccccc2)O[B-]3(c2c(F)c(F)c(F)c(F)c2F)c2c(F)c(F)c(F)c(F)c2F)c(C(C)C)c1.c1ccccc1.c1ccccc1. The summed E-state index contributed by atoms with van der Waals surface area (Å²) in [4.78, 5) is 0. The van der Waals surface area contributed by atoms with Crippen molar-refractivity contribution in [3.05, 3.63) is 266 Å². The van der Waals surface area contributed by atoms with E-state index in [2.05, 4.69) is 107 Å². The summed E-state index contributed by atoms with van der Waals surface area (Å²) >= 11 is 0. The maximum atomic E-state index is 17.5. The van der Waals surface area contributed by atoms with E-state index in [1.165, 1.54) is 0 Å². The van der Waals surface area contributed by atoms with Crippen LogP contribution < -0.4 is 21.5 Å². The van der Waals surface area contributed by atoms with Gasteiger partial charge < -0.3 is 9.39 Å². The van der Waals surface area contributed by atoms with Crippen LogP contribution in [0.15, 0.2) is 163 Å². The predicted octanol–water partition coefficient (Wildman–Crippen LogP) is 20.4. The Hall–Kier alpha value is -6.95. The third-order valence-corrected chi connectivity index (χ3v) is 23.0. The number of halogens is 10. The van der Waals surface area contributed by atoms with Crippen LogP contribution in [0.3, 0.4) is 0 Å². The van der Waals surface area contributed by atoms with E-state index in [-0.39, 0.29) is 59.7 Å². The van der Waals surface area contributed by atoms with E-state index in [1.54, 1.807) is 30.3 Å². The van der Waals surface area contributed by atoms with E-state index in [1.807, 2.05) is 103 Å². The van der Waals surface area contributed by atoms with Crippen LogP contribution in [0.1, 0.15) is 182 Å². The zero-order valence-electron chi connectivity index (χ0n) is 52.6. The third-order valence-electron chi connectivity index (χ3n) is 18.1. The standard InChI is InChI=1S/C63H66BF10O2P.2C6H6/c1-31(2)38-27-41(33(5)6)60(42(28-38)34(7)8)77(61-43(35(9)10)29-39(32(3)4)30-44(61)36(11)12)26-20-19-25-45-46-62(77)59(37-21-15-13-16-22-37)75-63(46,40-23-17-14-18-24-40)76-64(45,47-49(65)53(69)57(73)54(70)50(47)66)48-51(67)55(71)58(74)56(72)52(48)68;2*1-2-4-6-5-3-1/h13-18,21-24,27-36,45-46H,19-20,25-26H2,1-12H3;2*1-6H/t45-,46+,63+;;/m1../s1. The van der Waals surface area contributed by atoms with E-state index in [0.717, 1.165) is 44.0 Å². The smallest absolute Gasteiger partial charge is 0.206 e. The molecule has 8 aromatic rings. The zero-order chi connectivity index (χ0) is 64.6. The first kappa shape index (κ1) is 66.5.